The SMILES string of the molecule is CC1=CCCC=C1N1CCN(C2CCC2)CC1. The minimum absolute atomic E-state index is 0.925. The lowest BCUT2D eigenvalue weighted by Crippen LogP contribution is -2.51. The zero-order chi connectivity index (χ0) is 11.7. The van der Waals surface area contributed by atoms with Gasteiger partial charge in [-0.05, 0) is 38.2 Å². The second kappa shape index (κ2) is 4.85. The standard InChI is InChI=1S/C15H24N2/c1-13-5-2-3-8-15(13)17-11-9-16(10-12-17)14-6-4-7-14/h5,8,14H,2-4,6-7,9-12H2,1H3. The molecule has 0 aromatic rings. The summed E-state index contributed by atoms with van der Waals surface area (Å²) in [4.78, 5) is 5.31. The van der Waals surface area contributed by atoms with Crippen LogP contribution in [0.2, 0.25) is 0 Å². The maximum absolute atomic E-state index is 2.71. The fourth-order valence-electron chi connectivity index (χ4n) is 3.24. The van der Waals surface area contributed by atoms with Crippen molar-refractivity contribution in [3.63, 3.8) is 0 Å². The van der Waals surface area contributed by atoms with Gasteiger partial charge in [-0.25, -0.2) is 0 Å². The highest BCUT2D eigenvalue weighted by Gasteiger charge is 2.28. The fourth-order valence-corrected chi connectivity index (χ4v) is 3.24. The first-order chi connectivity index (χ1) is 8.34. The molecule has 17 heavy (non-hydrogen) atoms. The van der Waals surface area contributed by atoms with E-state index in [0.29, 0.717) is 0 Å². The van der Waals surface area contributed by atoms with Crippen molar-refractivity contribution >= 4 is 0 Å². The van der Waals surface area contributed by atoms with Crippen LogP contribution in [0, 0.1) is 0 Å². The summed E-state index contributed by atoms with van der Waals surface area (Å²) in [5.74, 6) is 0. The van der Waals surface area contributed by atoms with Gasteiger partial charge in [0.05, 0.1) is 0 Å². The summed E-state index contributed by atoms with van der Waals surface area (Å²) in [6.07, 6.45) is 11.6. The molecule has 0 radical (unpaired) electrons. The fraction of sp³-hybridized carbons (Fsp3) is 0.733. The molecule has 2 aliphatic carbocycles. The molecule has 0 bridgehead atoms. The third-order valence-corrected chi connectivity index (χ3v) is 4.60. The Hall–Kier alpha value is -0.760. The van der Waals surface area contributed by atoms with Crippen LogP contribution < -0.4 is 0 Å². The highest BCUT2D eigenvalue weighted by molar-refractivity contribution is 5.31. The maximum atomic E-state index is 2.71. The van der Waals surface area contributed by atoms with E-state index in [1.165, 1.54) is 69.6 Å². The second-order valence-electron chi connectivity index (χ2n) is 5.66. The summed E-state index contributed by atoms with van der Waals surface area (Å²) in [5.41, 5.74) is 3.01. The summed E-state index contributed by atoms with van der Waals surface area (Å²) < 4.78 is 0. The topological polar surface area (TPSA) is 6.48 Å². The van der Waals surface area contributed by atoms with Crippen molar-refractivity contribution in [2.75, 3.05) is 26.2 Å². The number of piperazine rings is 1. The zero-order valence-electron chi connectivity index (χ0n) is 11.0. The van der Waals surface area contributed by atoms with Crippen LogP contribution in [0.1, 0.15) is 39.0 Å². The Kier molecular flexibility index (Phi) is 3.24. The Bertz CT molecular complexity index is 331. The van der Waals surface area contributed by atoms with Crippen LogP contribution in [0.5, 0.6) is 0 Å². The average molecular weight is 232 g/mol. The van der Waals surface area contributed by atoms with Crippen molar-refractivity contribution in [2.45, 2.75) is 45.1 Å². The number of hydrogen-bond donors (Lipinski definition) is 0. The molecule has 0 amide bonds. The van der Waals surface area contributed by atoms with Crippen molar-refractivity contribution in [2.24, 2.45) is 0 Å². The van der Waals surface area contributed by atoms with Gasteiger partial charge in [-0.3, -0.25) is 4.90 Å². The van der Waals surface area contributed by atoms with Crippen molar-refractivity contribution in [3.8, 4) is 0 Å². The first-order valence-corrected chi connectivity index (χ1v) is 7.21. The van der Waals surface area contributed by atoms with Crippen LogP contribution in [0.25, 0.3) is 0 Å². The van der Waals surface area contributed by atoms with E-state index in [4.69, 9.17) is 0 Å². The molecule has 1 saturated heterocycles. The predicted octanol–water partition coefficient (Wildman–Crippen LogP) is 2.78. The van der Waals surface area contributed by atoms with Crippen LogP contribution in [0.15, 0.2) is 23.4 Å². The lowest BCUT2D eigenvalue weighted by molar-refractivity contribution is 0.0752. The molecule has 94 valence electrons. The molecule has 0 N–H and O–H groups in total. The van der Waals surface area contributed by atoms with Gasteiger partial charge in [-0.15, -0.1) is 0 Å². The number of allylic oxidation sites excluding steroid dienone is 3. The van der Waals surface area contributed by atoms with Gasteiger partial charge in [-0.1, -0.05) is 18.6 Å². The molecule has 1 aliphatic heterocycles. The molecule has 0 unspecified atom stereocenters. The molecule has 0 atom stereocenters. The average Bonchev–Trinajstić information content (AvgIpc) is 2.29. The summed E-state index contributed by atoms with van der Waals surface area (Å²) in [6.45, 7) is 7.27. The van der Waals surface area contributed by atoms with Gasteiger partial charge >= 0.3 is 0 Å². The molecule has 2 nitrogen and oxygen atoms in total. The summed E-state index contributed by atoms with van der Waals surface area (Å²) in [6, 6.07) is 0.925. The van der Waals surface area contributed by atoms with E-state index in [1.54, 1.807) is 0 Å². The van der Waals surface area contributed by atoms with Gasteiger partial charge in [0, 0.05) is 37.9 Å². The van der Waals surface area contributed by atoms with Gasteiger partial charge in [0.15, 0.2) is 0 Å². The quantitative estimate of drug-likeness (QED) is 0.722. The number of hydrogen-bond acceptors (Lipinski definition) is 2. The van der Waals surface area contributed by atoms with Crippen LogP contribution in [0.4, 0.5) is 0 Å². The zero-order valence-corrected chi connectivity index (χ0v) is 11.0. The molecule has 0 aromatic carbocycles. The van der Waals surface area contributed by atoms with E-state index in [1.807, 2.05) is 0 Å². The Morgan fingerprint density at radius 3 is 2.29 bits per heavy atom. The third-order valence-electron chi connectivity index (χ3n) is 4.60. The number of rotatable bonds is 2. The highest BCUT2D eigenvalue weighted by atomic mass is 15.3. The summed E-state index contributed by atoms with van der Waals surface area (Å²) >= 11 is 0. The number of nitrogens with zero attached hydrogens (tertiary/aromatic N) is 2. The van der Waals surface area contributed by atoms with Gasteiger partial charge in [-0.2, -0.15) is 0 Å². The van der Waals surface area contributed by atoms with Crippen molar-refractivity contribution in [1.29, 1.82) is 0 Å². The smallest absolute Gasteiger partial charge is 0.0353 e. The first kappa shape index (κ1) is 11.3. The molecule has 1 heterocycles. The van der Waals surface area contributed by atoms with Crippen molar-refractivity contribution in [3.05, 3.63) is 23.4 Å². The lowest BCUT2D eigenvalue weighted by atomic mass is 9.91. The predicted molar refractivity (Wildman–Crippen MR) is 71.9 cm³/mol. The Morgan fingerprint density at radius 2 is 1.71 bits per heavy atom. The molecule has 1 saturated carbocycles. The van der Waals surface area contributed by atoms with Crippen LogP contribution in [-0.2, 0) is 0 Å². The second-order valence-corrected chi connectivity index (χ2v) is 5.66. The van der Waals surface area contributed by atoms with Gasteiger partial charge < -0.3 is 4.90 Å². The normalized spacial score (nSPS) is 27.5. The van der Waals surface area contributed by atoms with Gasteiger partial charge in [0.25, 0.3) is 0 Å². The minimum atomic E-state index is 0.925. The summed E-state index contributed by atoms with van der Waals surface area (Å²) in [7, 11) is 0. The third kappa shape index (κ3) is 2.28. The van der Waals surface area contributed by atoms with Crippen molar-refractivity contribution < 1.29 is 0 Å². The van der Waals surface area contributed by atoms with Gasteiger partial charge in [0.2, 0.25) is 0 Å². The lowest BCUT2D eigenvalue weighted by Gasteiger charge is -2.44. The van der Waals surface area contributed by atoms with E-state index >= 15 is 0 Å². The Labute approximate surface area is 105 Å². The Balaban J connectivity index is 1.57. The molecule has 0 spiro atoms. The molecular weight excluding hydrogens is 208 g/mol. The molecule has 0 aromatic heterocycles. The Morgan fingerprint density at radius 1 is 1.00 bits per heavy atom. The van der Waals surface area contributed by atoms with Crippen LogP contribution in [0.3, 0.4) is 0 Å². The van der Waals surface area contributed by atoms with E-state index in [9.17, 15) is 0 Å². The summed E-state index contributed by atoms with van der Waals surface area (Å²) in [5, 5.41) is 0. The highest BCUT2D eigenvalue weighted by Crippen LogP contribution is 2.28. The molecule has 3 rings (SSSR count). The minimum Gasteiger partial charge on any atom is -0.369 e. The van der Waals surface area contributed by atoms with Crippen LogP contribution in [-0.4, -0.2) is 42.0 Å². The largest absolute Gasteiger partial charge is 0.369 e. The van der Waals surface area contributed by atoms with Crippen LogP contribution >= 0.6 is 0 Å². The molecule has 2 fully saturated rings. The molecule has 3 aliphatic rings. The van der Waals surface area contributed by atoms with E-state index in [0.717, 1.165) is 6.04 Å². The van der Waals surface area contributed by atoms with Gasteiger partial charge in [0.1, 0.15) is 0 Å². The van der Waals surface area contributed by atoms with E-state index in [2.05, 4.69) is 28.9 Å². The van der Waals surface area contributed by atoms with E-state index in [-0.39, 0.29) is 0 Å². The monoisotopic (exact) mass is 232 g/mol. The van der Waals surface area contributed by atoms with Crippen molar-refractivity contribution in [1.82, 2.24) is 9.80 Å². The van der Waals surface area contributed by atoms with E-state index < -0.39 is 0 Å². The maximum Gasteiger partial charge on any atom is 0.0353 e. The molecule has 2 heteroatoms. The first-order valence-electron chi connectivity index (χ1n) is 7.21. The molecular formula is C15H24N2.